The van der Waals surface area contributed by atoms with Gasteiger partial charge in [0.25, 0.3) is 0 Å². The summed E-state index contributed by atoms with van der Waals surface area (Å²) in [6.07, 6.45) is 5.23. The summed E-state index contributed by atoms with van der Waals surface area (Å²) in [6.45, 7) is 3.57. The lowest BCUT2D eigenvalue weighted by molar-refractivity contribution is -0.120. The second kappa shape index (κ2) is 9.49. The Morgan fingerprint density at radius 3 is 2.77 bits per heavy atom. The van der Waals surface area contributed by atoms with Crippen LogP contribution < -0.4 is 10.2 Å². The Bertz CT molecular complexity index is 1030. The van der Waals surface area contributed by atoms with Crippen LogP contribution >= 0.6 is 23.4 Å². The van der Waals surface area contributed by atoms with E-state index in [1.807, 2.05) is 18.2 Å². The average Bonchev–Trinajstić information content (AvgIpc) is 2.76. The summed E-state index contributed by atoms with van der Waals surface area (Å²) in [4.78, 5) is 25.3. The third-order valence-electron chi connectivity index (χ3n) is 5.05. The molecule has 3 aromatic rings. The number of aromatic nitrogens is 2. The summed E-state index contributed by atoms with van der Waals surface area (Å²) in [6, 6.07) is 15.5. The normalized spacial score (nSPS) is 16.3. The molecule has 1 saturated heterocycles. The van der Waals surface area contributed by atoms with Gasteiger partial charge in [0.15, 0.2) is 5.82 Å². The quantitative estimate of drug-likeness (QED) is 0.574. The maximum absolute atomic E-state index is 12.8. The van der Waals surface area contributed by atoms with Gasteiger partial charge in [-0.25, -0.2) is 9.97 Å². The van der Waals surface area contributed by atoms with Crippen LogP contribution in [0.1, 0.15) is 18.4 Å². The van der Waals surface area contributed by atoms with Gasteiger partial charge in [0, 0.05) is 41.1 Å². The number of anilines is 2. The van der Waals surface area contributed by atoms with E-state index in [-0.39, 0.29) is 11.8 Å². The second-order valence-corrected chi connectivity index (χ2v) is 8.88. The summed E-state index contributed by atoms with van der Waals surface area (Å²) in [5.41, 5.74) is 1.97. The number of amides is 1. The molecule has 1 atom stereocenters. The van der Waals surface area contributed by atoms with Crippen LogP contribution in [0, 0.1) is 12.8 Å². The monoisotopic (exact) mass is 438 g/mol. The molecule has 1 N–H and O–H groups in total. The molecule has 1 aliphatic heterocycles. The molecule has 2 aromatic carbocycles. The van der Waals surface area contributed by atoms with Crippen molar-refractivity contribution in [3.05, 3.63) is 71.5 Å². The lowest BCUT2D eigenvalue weighted by atomic mass is 9.97. The van der Waals surface area contributed by atoms with Crippen LogP contribution in [0.3, 0.4) is 0 Å². The molecular formula is C23H23ClN4OS. The molecule has 5 nitrogen and oxygen atoms in total. The minimum Gasteiger partial charge on any atom is -0.354 e. The van der Waals surface area contributed by atoms with Crippen molar-refractivity contribution in [1.29, 1.82) is 0 Å². The molecule has 0 saturated carbocycles. The fourth-order valence-corrected chi connectivity index (χ4v) is 4.69. The number of benzene rings is 2. The first-order chi connectivity index (χ1) is 14.6. The van der Waals surface area contributed by atoms with E-state index < -0.39 is 0 Å². The molecule has 30 heavy (non-hydrogen) atoms. The SMILES string of the molecule is Cc1cccc(Sc2nccnc2N2CCC[C@H](C(=O)Nc3ccc(Cl)cc3)C2)c1. The molecule has 1 aromatic heterocycles. The van der Waals surface area contributed by atoms with Crippen LogP contribution in [0.2, 0.25) is 5.02 Å². The van der Waals surface area contributed by atoms with Crippen LogP contribution in [0.25, 0.3) is 0 Å². The second-order valence-electron chi connectivity index (χ2n) is 7.38. The predicted octanol–water partition coefficient (Wildman–Crippen LogP) is 5.44. The smallest absolute Gasteiger partial charge is 0.229 e. The number of piperidine rings is 1. The average molecular weight is 439 g/mol. The maximum atomic E-state index is 12.8. The predicted molar refractivity (Wildman–Crippen MR) is 122 cm³/mol. The molecule has 7 heteroatoms. The van der Waals surface area contributed by atoms with E-state index in [2.05, 4.69) is 45.3 Å². The molecule has 1 fully saturated rings. The van der Waals surface area contributed by atoms with Gasteiger partial charge in [0.1, 0.15) is 5.03 Å². The Morgan fingerprint density at radius 1 is 1.17 bits per heavy atom. The van der Waals surface area contributed by atoms with Gasteiger partial charge in [-0.15, -0.1) is 0 Å². The van der Waals surface area contributed by atoms with Crippen molar-refractivity contribution in [3.8, 4) is 0 Å². The number of nitrogens with one attached hydrogen (secondary N) is 1. The highest BCUT2D eigenvalue weighted by atomic mass is 35.5. The third-order valence-corrected chi connectivity index (χ3v) is 6.28. The third kappa shape index (κ3) is 5.12. The molecule has 0 spiro atoms. The molecule has 2 heterocycles. The zero-order valence-corrected chi connectivity index (χ0v) is 18.3. The highest BCUT2D eigenvalue weighted by molar-refractivity contribution is 7.99. The van der Waals surface area contributed by atoms with E-state index in [1.165, 1.54) is 5.56 Å². The van der Waals surface area contributed by atoms with E-state index in [1.54, 1.807) is 36.3 Å². The number of hydrogen-bond donors (Lipinski definition) is 1. The molecule has 1 aliphatic rings. The Balaban J connectivity index is 1.48. The Kier molecular flexibility index (Phi) is 6.55. The molecule has 0 radical (unpaired) electrons. The van der Waals surface area contributed by atoms with Gasteiger partial charge in [-0.05, 0) is 56.2 Å². The number of halogens is 1. The molecule has 1 amide bonds. The van der Waals surface area contributed by atoms with E-state index in [4.69, 9.17) is 11.6 Å². The molecule has 0 bridgehead atoms. The molecule has 0 aliphatic carbocycles. The highest BCUT2D eigenvalue weighted by Gasteiger charge is 2.28. The van der Waals surface area contributed by atoms with Crippen LogP contribution in [-0.4, -0.2) is 29.0 Å². The first-order valence-electron chi connectivity index (χ1n) is 9.95. The maximum Gasteiger partial charge on any atom is 0.229 e. The van der Waals surface area contributed by atoms with Crippen molar-refractivity contribution < 1.29 is 4.79 Å². The van der Waals surface area contributed by atoms with Crippen molar-refractivity contribution in [1.82, 2.24) is 9.97 Å². The number of aryl methyl sites for hydroxylation is 1. The Hall–Kier alpha value is -2.57. The zero-order chi connectivity index (χ0) is 20.9. The van der Waals surface area contributed by atoms with Gasteiger partial charge in [-0.2, -0.15) is 0 Å². The largest absolute Gasteiger partial charge is 0.354 e. The van der Waals surface area contributed by atoms with Gasteiger partial charge in [-0.1, -0.05) is 41.1 Å². The fourth-order valence-electron chi connectivity index (χ4n) is 3.56. The van der Waals surface area contributed by atoms with E-state index >= 15 is 0 Å². The van der Waals surface area contributed by atoms with E-state index in [0.717, 1.165) is 40.8 Å². The summed E-state index contributed by atoms with van der Waals surface area (Å²) in [7, 11) is 0. The van der Waals surface area contributed by atoms with Crippen LogP contribution in [-0.2, 0) is 4.79 Å². The highest BCUT2D eigenvalue weighted by Crippen LogP contribution is 2.34. The van der Waals surface area contributed by atoms with Gasteiger partial charge in [-0.3, -0.25) is 4.79 Å². The lowest BCUT2D eigenvalue weighted by Gasteiger charge is -2.33. The van der Waals surface area contributed by atoms with Crippen LogP contribution in [0.4, 0.5) is 11.5 Å². The zero-order valence-electron chi connectivity index (χ0n) is 16.7. The number of carbonyl (C=O) groups excluding carboxylic acids is 1. The number of carbonyl (C=O) groups is 1. The van der Waals surface area contributed by atoms with Gasteiger partial charge in [0.2, 0.25) is 5.91 Å². The van der Waals surface area contributed by atoms with Crippen molar-refractivity contribution in [2.75, 3.05) is 23.3 Å². The van der Waals surface area contributed by atoms with Crippen LogP contribution in [0.15, 0.2) is 70.8 Å². The summed E-state index contributed by atoms with van der Waals surface area (Å²) < 4.78 is 0. The molecular weight excluding hydrogens is 416 g/mol. The Morgan fingerprint density at radius 2 is 1.97 bits per heavy atom. The number of rotatable bonds is 5. The minimum atomic E-state index is -0.103. The van der Waals surface area contributed by atoms with Gasteiger partial charge >= 0.3 is 0 Å². The van der Waals surface area contributed by atoms with Gasteiger partial charge in [0.05, 0.1) is 5.92 Å². The topological polar surface area (TPSA) is 58.1 Å². The Labute approximate surface area is 185 Å². The number of nitrogens with zero attached hydrogens (tertiary/aromatic N) is 3. The minimum absolute atomic E-state index is 0.0267. The van der Waals surface area contributed by atoms with Gasteiger partial charge < -0.3 is 10.2 Å². The lowest BCUT2D eigenvalue weighted by Crippen LogP contribution is -2.41. The molecule has 154 valence electrons. The first-order valence-corrected chi connectivity index (χ1v) is 11.1. The molecule has 0 unspecified atom stereocenters. The fraction of sp³-hybridized carbons (Fsp3) is 0.261. The van der Waals surface area contributed by atoms with Crippen molar-refractivity contribution in [2.45, 2.75) is 29.7 Å². The molecule has 4 rings (SSSR count). The van der Waals surface area contributed by atoms with E-state index in [9.17, 15) is 4.79 Å². The van der Waals surface area contributed by atoms with Crippen molar-refractivity contribution in [3.63, 3.8) is 0 Å². The van der Waals surface area contributed by atoms with Crippen molar-refractivity contribution in [2.24, 2.45) is 5.92 Å². The first kappa shape index (κ1) is 20.7. The number of hydrogen-bond acceptors (Lipinski definition) is 5. The standard InChI is InChI=1S/C23H23ClN4OS/c1-16-4-2-6-20(14-16)30-23-21(25-11-12-26-23)28-13-3-5-17(15-28)22(29)27-19-9-7-18(24)8-10-19/h2,4,6-12,14,17H,3,5,13,15H2,1H3,(H,27,29)/t17-/m0/s1. The van der Waals surface area contributed by atoms with E-state index in [0.29, 0.717) is 11.6 Å². The van der Waals surface area contributed by atoms with Crippen LogP contribution in [0.5, 0.6) is 0 Å². The summed E-state index contributed by atoms with van der Waals surface area (Å²) in [5.74, 6) is 0.764. The summed E-state index contributed by atoms with van der Waals surface area (Å²) in [5, 5.41) is 4.52. The summed E-state index contributed by atoms with van der Waals surface area (Å²) >= 11 is 7.54. The van der Waals surface area contributed by atoms with Crippen molar-refractivity contribution >= 4 is 40.8 Å².